The molecular formula is C33H32O9. The molecule has 9 nitrogen and oxygen atoms in total. The summed E-state index contributed by atoms with van der Waals surface area (Å²) in [5.74, 6) is -1.50. The molecule has 2 unspecified atom stereocenters. The summed E-state index contributed by atoms with van der Waals surface area (Å²) in [6, 6.07) is 11.7. The van der Waals surface area contributed by atoms with E-state index >= 15 is 0 Å². The van der Waals surface area contributed by atoms with Gasteiger partial charge >= 0.3 is 17.9 Å². The fourth-order valence-corrected chi connectivity index (χ4v) is 5.35. The van der Waals surface area contributed by atoms with Crippen LogP contribution >= 0.6 is 0 Å². The number of rotatable bonds is 3. The van der Waals surface area contributed by atoms with Crippen molar-refractivity contribution in [2.75, 3.05) is 7.11 Å². The maximum atomic E-state index is 13.4. The summed E-state index contributed by atoms with van der Waals surface area (Å²) >= 11 is 0. The number of benzene rings is 2. The number of methoxy groups -OCH3 is 1. The second-order valence-corrected chi connectivity index (χ2v) is 10.5. The van der Waals surface area contributed by atoms with Gasteiger partial charge in [0.1, 0.15) is 34.4 Å². The SMILES string of the molecule is COC(=O)c1ccc(-c2ccc(C3CC(=O)Oc4cc5c(c(O)c43)C(=O)OC(C)CCCC(=O)CCCC=C5)o2)cc1. The molecule has 0 saturated carbocycles. The summed E-state index contributed by atoms with van der Waals surface area (Å²) in [4.78, 5) is 50.0. The van der Waals surface area contributed by atoms with Gasteiger partial charge in [0, 0.05) is 24.0 Å². The van der Waals surface area contributed by atoms with E-state index in [4.69, 9.17) is 18.6 Å². The number of phenols is 1. The molecule has 0 saturated heterocycles. The van der Waals surface area contributed by atoms with E-state index in [1.807, 2.05) is 6.08 Å². The minimum absolute atomic E-state index is 0.0156. The van der Waals surface area contributed by atoms with Crippen molar-refractivity contribution in [3.8, 4) is 22.8 Å². The number of furan rings is 1. The number of fused-ring (bicyclic) bond motifs is 2. The molecule has 0 radical (unpaired) electrons. The molecule has 0 spiro atoms. The molecule has 218 valence electrons. The minimum Gasteiger partial charge on any atom is -0.507 e. The van der Waals surface area contributed by atoms with Gasteiger partial charge in [-0.25, -0.2) is 9.59 Å². The summed E-state index contributed by atoms with van der Waals surface area (Å²) < 4.78 is 22.1. The number of ether oxygens (including phenoxy) is 3. The molecule has 2 atom stereocenters. The number of esters is 3. The molecule has 1 N–H and O–H groups in total. The Hall–Kier alpha value is -4.66. The predicted molar refractivity (Wildman–Crippen MR) is 152 cm³/mol. The van der Waals surface area contributed by atoms with Gasteiger partial charge in [-0.15, -0.1) is 0 Å². The minimum atomic E-state index is -0.719. The van der Waals surface area contributed by atoms with Crippen LogP contribution in [0.3, 0.4) is 0 Å². The molecule has 2 aromatic carbocycles. The maximum Gasteiger partial charge on any atom is 0.342 e. The molecule has 1 aromatic heterocycles. The number of carbonyl (C=O) groups excluding carboxylic acids is 4. The van der Waals surface area contributed by atoms with Crippen LogP contribution in [0.4, 0.5) is 0 Å². The van der Waals surface area contributed by atoms with Crippen LogP contribution < -0.4 is 4.74 Å². The Morgan fingerprint density at radius 3 is 2.55 bits per heavy atom. The van der Waals surface area contributed by atoms with Crippen molar-refractivity contribution >= 4 is 29.8 Å². The standard InChI is InChI=1S/C33H32O9/c1-19-7-6-10-23(34)9-5-3-4-8-22-17-27-30(31(36)29(22)33(38)40-19)24(18-28(35)42-27)26-16-15-25(41-26)20-11-13-21(14-12-20)32(37)39-2/h4,8,11-17,19,24,36H,3,5-7,9-10,18H2,1-2H3. The van der Waals surface area contributed by atoms with E-state index in [1.54, 1.807) is 55.5 Å². The van der Waals surface area contributed by atoms with Crippen LogP contribution in [0.1, 0.15) is 95.4 Å². The highest BCUT2D eigenvalue weighted by atomic mass is 16.5. The zero-order valence-corrected chi connectivity index (χ0v) is 23.5. The Morgan fingerprint density at radius 2 is 1.79 bits per heavy atom. The van der Waals surface area contributed by atoms with E-state index in [-0.39, 0.29) is 34.8 Å². The van der Waals surface area contributed by atoms with E-state index in [9.17, 15) is 24.3 Å². The first kappa shape index (κ1) is 28.9. The first-order chi connectivity index (χ1) is 20.2. The number of Topliss-reactive ketones (excluding diaryl/α,β-unsaturated/α-hetero) is 1. The Balaban J connectivity index is 1.53. The van der Waals surface area contributed by atoms with Crippen molar-refractivity contribution in [3.05, 3.63) is 76.6 Å². The van der Waals surface area contributed by atoms with Crippen LogP contribution in [-0.4, -0.2) is 42.0 Å². The highest BCUT2D eigenvalue weighted by molar-refractivity contribution is 5.98. The molecule has 42 heavy (non-hydrogen) atoms. The third-order valence-electron chi connectivity index (χ3n) is 7.54. The van der Waals surface area contributed by atoms with Crippen molar-refractivity contribution in [1.82, 2.24) is 0 Å². The lowest BCUT2D eigenvalue weighted by Crippen LogP contribution is -2.23. The Bertz CT molecular complexity index is 1540. The van der Waals surface area contributed by atoms with Gasteiger partial charge in [-0.2, -0.15) is 0 Å². The van der Waals surface area contributed by atoms with Crippen LogP contribution in [0.25, 0.3) is 17.4 Å². The highest BCUT2D eigenvalue weighted by Gasteiger charge is 2.37. The van der Waals surface area contributed by atoms with Gasteiger partial charge in [0.25, 0.3) is 0 Å². The fourth-order valence-electron chi connectivity index (χ4n) is 5.35. The van der Waals surface area contributed by atoms with E-state index in [1.165, 1.54) is 7.11 Å². The molecule has 2 aliphatic rings. The second kappa shape index (κ2) is 12.5. The van der Waals surface area contributed by atoms with Gasteiger partial charge in [0.15, 0.2) is 0 Å². The van der Waals surface area contributed by atoms with E-state index < -0.39 is 29.9 Å². The van der Waals surface area contributed by atoms with Crippen LogP contribution in [-0.2, 0) is 19.1 Å². The number of allylic oxidation sites excluding steroid dienone is 1. The maximum absolute atomic E-state index is 13.4. The number of hydrogen-bond acceptors (Lipinski definition) is 9. The van der Waals surface area contributed by atoms with Gasteiger partial charge < -0.3 is 23.7 Å². The summed E-state index contributed by atoms with van der Waals surface area (Å²) in [6.45, 7) is 1.76. The van der Waals surface area contributed by atoms with Gasteiger partial charge in [0.05, 0.1) is 31.1 Å². The largest absolute Gasteiger partial charge is 0.507 e. The number of ketones is 1. The second-order valence-electron chi connectivity index (χ2n) is 10.5. The normalized spacial score (nSPS) is 19.6. The van der Waals surface area contributed by atoms with Crippen molar-refractivity contribution < 1.29 is 42.9 Å². The third kappa shape index (κ3) is 6.15. The molecule has 9 heteroatoms. The van der Waals surface area contributed by atoms with Crippen molar-refractivity contribution in [2.45, 2.75) is 63.9 Å². The Morgan fingerprint density at radius 1 is 1.02 bits per heavy atom. The Kier molecular flexibility index (Phi) is 8.56. The van der Waals surface area contributed by atoms with Crippen molar-refractivity contribution in [3.63, 3.8) is 0 Å². The molecular weight excluding hydrogens is 540 g/mol. The van der Waals surface area contributed by atoms with Crippen LogP contribution in [0.5, 0.6) is 11.5 Å². The molecule has 3 aromatic rings. The summed E-state index contributed by atoms with van der Waals surface area (Å²) in [5.41, 5.74) is 1.70. The third-order valence-corrected chi connectivity index (χ3v) is 7.54. The molecule has 0 fully saturated rings. The molecule has 0 bridgehead atoms. The first-order valence-electron chi connectivity index (χ1n) is 14.0. The molecule has 0 amide bonds. The zero-order chi connectivity index (χ0) is 29.8. The quantitative estimate of drug-likeness (QED) is 0.281. The lowest BCUT2D eigenvalue weighted by atomic mass is 9.86. The number of phenolic OH excluding ortho intramolecular Hbond substituents is 1. The topological polar surface area (TPSA) is 129 Å². The van der Waals surface area contributed by atoms with Gasteiger partial charge in [0.2, 0.25) is 0 Å². The summed E-state index contributed by atoms with van der Waals surface area (Å²) in [7, 11) is 1.31. The number of aromatic hydroxyl groups is 1. The molecule has 2 aliphatic heterocycles. The van der Waals surface area contributed by atoms with Gasteiger partial charge in [-0.05, 0) is 68.5 Å². The average molecular weight is 573 g/mol. The van der Waals surface area contributed by atoms with Crippen LogP contribution in [0.15, 0.2) is 53.0 Å². The molecule has 3 heterocycles. The smallest absolute Gasteiger partial charge is 0.342 e. The lowest BCUT2D eigenvalue weighted by Gasteiger charge is -2.26. The van der Waals surface area contributed by atoms with Crippen molar-refractivity contribution in [2.24, 2.45) is 0 Å². The number of hydrogen-bond donors (Lipinski definition) is 1. The Labute approximate surface area is 243 Å². The average Bonchev–Trinajstić information content (AvgIpc) is 3.46. The van der Waals surface area contributed by atoms with E-state index in [2.05, 4.69) is 0 Å². The molecule has 5 rings (SSSR count). The lowest BCUT2D eigenvalue weighted by molar-refractivity contribution is -0.135. The molecule has 0 aliphatic carbocycles. The number of carbonyl (C=O) groups is 4. The fraction of sp³-hybridized carbons (Fsp3) is 0.333. The van der Waals surface area contributed by atoms with Crippen LogP contribution in [0, 0.1) is 0 Å². The summed E-state index contributed by atoms with van der Waals surface area (Å²) in [5, 5.41) is 11.6. The van der Waals surface area contributed by atoms with Crippen molar-refractivity contribution in [1.29, 1.82) is 0 Å². The summed E-state index contributed by atoms with van der Waals surface area (Å²) in [6.07, 6.45) is 6.24. The first-order valence-corrected chi connectivity index (χ1v) is 14.0. The highest BCUT2D eigenvalue weighted by Crippen LogP contribution is 2.48. The van der Waals surface area contributed by atoms with Gasteiger partial charge in [-0.1, -0.05) is 24.3 Å². The van der Waals surface area contributed by atoms with E-state index in [0.717, 1.165) is 0 Å². The predicted octanol–water partition coefficient (Wildman–Crippen LogP) is 6.36. The monoisotopic (exact) mass is 572 g/mol. The van der Waals surface area contributed by atoms with Crippen LogP contribution in [0.2, 0.25) is 0 Å². The number of cyclic esters (lactones) is 1. The van der Waals surface area contributed by atoms with E-state index in [0.29, 0.717) is 66.7 Å². The zero-order valence-electron chi connectivity index (χ0n) is 23.5. The van der Waals surface area contributed by atoms with Gasteiger partial charge in [-0.3, -0.25) is 9.59 Å².